The third kappa shape index (κ3) is 3.69. The first-order valence-electron chi connectivity index (χ1n) is 8.41. The second-order valence-corrected chi connectivity index (χ2v) is 6.26. The van der Waals surface area contributed by atoms with Gasteiger partial charge in [-0.3, -0.25) is 14.7 Å². The van der Waals surface area contributed by atoms with Crippen LogP contribution in [0.4, 0.5) is 0 Å². The molecule has 8 nitrogen and oxygen atoms in total. The van der Waals surface area contributed by atoms with Gasteiger partial charge in [0, 0.05) is 31.9 Å². The van der Waals surface area contributed by atoms with Crippen LogP contribution in [0.25, 0.3) is 0 Å². The molecule has 134 valence electrons. The van der Waals surface area contributed by atoms with Crippen LogP contribution in [0.1, 0.15) is 34.8 Å². The highest BCUT2D eigenvalue weighted by atomic mass is 16.4. The van der Waals surface area contributed by atoms with E-state index in [1.807, 2.05) is 13.8 Å². The van der Waals surface area contributed by atoms with Crippen molar-refractivity contribution in [1.82, 2.24) is 25.0 Å². The lowest BCUT2D eigenvalue weighted by Gasteiger charge is -2.27. The molecule has 1 aliphatic heterocycles. The Morgan fingerprint density at radius 1 is 1.40 bits per heavy atom. The maximum absolute atomic E-state index is 12.7. The lowest BCUT2D eigenvalue weighted by molar-refractivity contribution is 0.0743. The summed E-state index contributed by atoms with van der Waals surface area (Å²) in [7, 11) is 0. The van der Waals surface area contributed by atoms with Gasteiger partial charge < -0.3 is 14.4 Å². The van der Waals surface area contributed by atoms with Crippen LogP contribution >= 0.6 is 0 Å². The SMILES string of the molecule is CCN(Cc1nnc(C)o1)[C@@H]1CN(C(=O)c2cccnc2C)C[C@H]1O. The van der Waals surface area contributed by atoms with Crippen molar-refractivity contribution in [2.75, 3.05) is 19.6 Å². The van der Waals surface area contributed by atoms with E-state index in [4.69, 9.17) is 4.42 Å². The normalized spacial score (nSPS) is 20.4. The van der Waals surface area contributed by atoms with E-state index >= 15 is 0 Å². The molecular formula is C17H23N5O3. The number of hydrogen-bond donors (Lipinski definition) is 1. The highest BCUT2D eigenvalue weighted by Crippen LogP contribution is 2.21. The predicted molar refractivity (Wildman–Crippen MR) is 89.8 cm³/mol. The highest BCUT2D eigenvalue weighted by molar-refractivity contribution is 5.95. The average molecular weight is 345 g/mol. The van der Waals surface area contributed by atoms with Crippen LogP contribution in [0.5, 0.6) is 0 Å². The highest BCUT2D eigenvalue weighted by Gasteiger charge is 2.38. The first kappa shape index (κ1) is 17.5. The number of nitrogens with zero attached hydrogens (tertiary/aromatic N) is 5. The maximum atomic E-state index is 12.7. The van der Waals surface area contributed by atoms with E-state index in [1.165, 1.54) is 0 Å². The van der Waals surface area contributed by atoms with Gasteiger partial charge in [-0.15, -0.1) is 10.2 Å². The number of aromatic nitrogens is 3. The fourth-order valence-corrected chi connectivity index (χ4v) is 3.21. The van der Waals surface area contributed by atoms with Crippen LogP contribution in [0.15, 0.2) is 22.7 Å². The van der Waals surface area contributed by atoms with E-state index in [-0.39, 0.29) is 11.9 Å². The molecule has 0 saturated carbocycles. The molecule has 1 amide bonds. The first-order chi connectivity index (χ1) is 12.0. The molecule has 0 aliphatic carbocycles. The Hall–Kier alpha value is -2.32. The molecule has 3 rings (SSSR count). The molecule has 2 aromatic heterocycles. The number of carbonyl (C=O) groups excluding carboxylic acids is 1. The van der Waals surface area contributed by atoms with Crippen molar-refractivity contribution in [2.24, 2.45) is 0 Å². The Labute approximate surface area is 146 Å². The zero-order chi connectivity index (χ0) is 18.0. The van der Waals surface area contributed by atoms with Crippen molar-refractivity contribution in [1.29, 1.82) is 0 Å². The van der Waals surface area contributed by atoms with Crippen LogP contribution in [-0.2, 0) is 6.54 Å². The summed E-state index contributed by atoms with van der Waals surface area (Å²) in [4.78, 5) is 20.7. The number of carbonyl (C=O) groups is 1. The zero-order valence-corrected chi connectivity index (χ0v) is 14.7. The maximum Gasteiger partial charge on any atom is 0.255 e. The monoisotopic (exact) mass is 345 g/mol. The number of aliphatic hydroxyl groups excluding tert-OH is 1. The molecule has 2 aromatic rings. The standard InChI is InChI=1S/C17H23N5O3/c1-4-21(10-16-20-19-12(3)25-16)14-8-22(9-15(14)23)17(24)13-6-5-7-18-11(13)2/h5-7,14-15,23H,4,8-10H2,1-3H3/t14-,15-/m1/s1. The Balaban J connectivity index is 1.71. The molecule has 1 N–H and O–H groups in total. The summed E-state index contributed by atoms with van der Waals surface area (Å²) < 4.78 is 5.44. The largest absolute Gasteiger partial charge is 0.424 e. The molecule has 0 radical (unpaired) electrons. The van der Waals surface area contributed by atoms with Gasteiger partial charge in [-0.25, -0.2) is 0 Å². The predicted octanol–water partition coefficient (Wildman–Crippen LogP) is 0.789. The van der Waals surface area contributed by atoms with Crippen molar-refractivity contribution in [2.45, 2.75) is 39.5 Å². The molecule has 8 heteroatoms. The lowest BCUT2D eigenvalue weighted by Crippen LogP contribution is -2.43. The van der Waals surface area contributed by atoms with Gasteiger partial charge in [-0.1, -0.05) is 6.92 Å². The Morgan fingerprint density at radius 2 is 2.20 bits per heavy atom. The number of aryl methyl sites for hydroxylation is 2. The number of aliphatic hydroxyl groups is 1. The van der Waals surface area contributed by atoms with Crippen LogP contribution in [0.3, 0.4) is 0 Å². The number of likely N-dealkylation sites (tertiary alicyclic amines) is 1. The van der Waals surface area contributed by atoms with E-state index in [9.17, 15) is 9.90 Å². The molecule has 1 fully saturated rings. The number of likely N-dealkylation sites (N-methyl/N-ethyl adjacent to an activating group) is 1. The number of pyridine rings is 1. The summed E-state index contributed by atoms with van der Waals surface area (Å²) in [5.41, 5.74) is 1.27. The number of β-amino-alcohol motifs (C(OH)–C–C–N with tert-alkyl or cyclic N) is 1. The average Bonchev–Trinajstić information content (AvgIpc) is 3.18. The zero-order valence-electron chi connectivity index (χ0n) is 14.7. The molecule has 0 spiro atoms. The fraction of sp³-hybridized carbons (Fsp3) is 0.529. The second kappa shape index (κ2) is 7.28. The molecule has 1 aliphatic rings. The van der Waals surface area contributed by atoms with Gasteiger partial charge in [0.05, 0.1) is 24.3 Å². The Bertz CT molecular complexity index is 747. The van der Waals surface area contributed by atoms with Gasteiger partial charge in [0.15, 0.2) is 0 Å². The molecule has 2 atom stereocenters. The minimum atomic E-state index is -0.620. The minimum Gasteiger partial charge on any atom is -0.424 e. The lowest BCUT2D eigenvalue weighted by atomic mass is 10.2. The molecule has 1 saturated heterocycles. The van der Waals surface area contributed by atoms with E-state index < -0.39 is 6.10 Å². The third-order valence-corrected chi connectivity index (χ3v) is 4.57. The Kier molecular flexibility index (Phi) is 5.10. The summed E-state index contributed by atoms with van der Waals surface area (Å²) in [6.07, 6.45) is 1.05. The molecule has 0 bridgehead atoms. The molecule has 3 heterocycles. The van der Waals surface area contributed by atoms with E-state index in [0.717, 1.165) is 0 Å². The molecule has 25 heavy (non-hydrogen) atoms. The van der Waals surface area contributed by atoms with Gasteiger partial charge in [0.2, 0.25) is 11.8 Å². The van der Waals surface area contributed by atoms with Gasteiger partial charge in [0.1, 0.15) is 0 Å². The summed E-state index contributed by atoms with van der Waals surface area (Å²) in [6.45, 7) is 7.48. The van der Waals surface area contributed by atoms with Gasteiger partial charge in [-0.05, 0) is 25.6 Å². The van der Waals surface area contributed by atoms with Crippen molar-refractivity contribution in [3.05, 3.63) is 41.4 Å². The second-order valence-electron chi connectivity index (χ2n) is 6.26. The fourth-order valence-electron chi connectivity index (χ4n) is 3.21. The van der Waals surface area contributed by atoms with Crippen molar-refractivity contribution < 1.29 is 14.3 Å². The van der Waals surface area contributed by atoms with Crippen LogP contribution in [-0.4, -0.2) is 67.8 Å². The topological polar surface area (TPSA) is 95.6 Å². The minimum absolute atomic E-state index is 0.100. The van der Waals surface area contributed by atoms with Crippen molar-refractivity contribution in [3.63, 3.8) is 0 Å². The summed E-state index contributed by atoms with van der Waals surface area (Å²) in [6, 6.07) is 3.35. The molecule has 0 aromatic carbocycles. The smallest absolute Gasteiger partial charge is 0.255 e. The van der Waals surface area contributed by atoms with Crippen molar-refractivity contribution >= 4 is 5.91 Å². The van der Waals surface area contributed by atoms with Gasteiger partial charge in [0.25, 0.3) is 5.91 Å². The summed E-state index contributed by atoms with van der Waals surface area (Å²) >= 11 is 0. The number of rotatable bonds is 5. The van der Waals surface area contributed by atoms with Crippen LogP contribution in [0, 0.1) is 13.8 Å². The number of amides is 1. The van der Waals surface area contributed by atoms with E-state index in [1.54, 1.807) is 30.2 Å². The van der Waals surface area contributed by atoms with E-state index in [0.29, 0.717) is 49.2 Å². The quantitative estimate of drug-likeness (QED) is 0.856. The van der Waals surface area contributed by atoms with Crippen LogP contribution in [0.2, 0.25) is 0 Å². The van der Waals surface area contributed by atoms with Crippen molar-refractivity contribution in [3.8, 4) is 0 Å². The van der Waals surface area contributed by atoms with Gasteiger partial charge >= 0.3 is 0 Å². The molecule has 0 unspecified atom stereocenters. The first-order valence-corrected chi connectivity index (χ1v) is 8.41. The van der Waals surface area contributed by atoms with E-state index in [2.05, 4.69) is 20.1 Å². The number of hydrogen-bond acceptors (Lipinski definition) is 7. The molecular weight excluding hydrogens is 322 g/mol. The third-order valence-electron chi connectivity index (χ3n) is 4.57. The summed E-state index contributed by atoms with van der Waals surface area (Å²) in [5, 5.41) is 18.3. The Morgan fingerprint density at radius 3 is 2.84 bits per heavy atom. The van der Waals surface area contributed by atoms with Gasteiger partial charge in [-0.2, -0.15) is 0 Å². The summed E-state index contributed by atoms with van der Waals surface area (Å²) in [5.74, 6) is 0.929. The van der Waals surface area contributed by atoms with Crippen LogP contribution < -0.4 is 0 Å².